The SMILES string of the molecule is C=CCc1c(OCCCO)ccc(C(=O)N2CCCC2)c1OC. The second-order valence-corrected chi connectivity index (χ2v) is 5.54. The van der Waals surface area contributed by atoms with Crippen molar-refractivity contribution < 1.29 is 19.4 Å². The maximum absolute atomic E-state index is 12.7. The standard InChI is InChI=1S/C18H25NO4/c1-3-7-14-16(23-13-6-12-20)9-8-15(17(14)22-2)18(21)19-10-4-5-11-19/h3,8-9,20H,1,4-7,10-13H2,2H3. The number of aliphatic hydroxyl groups is 1. The Morgan fingerprint density at radius 1 is 1.39 bits per heavy atom. The summed E-state index contributed by atoms with van der Waals surface area (Å²) in [5.74, 6) is 1.24. The number of likely N-dealkylation sites (tertiary alicyclic amines) is 1. The molecule has 0 atom stereocenters. The molecule has 1 saturated heterocycles. The summed E-state index contributed by atoms with van der Waals surface area (Å²) in [4.78, 5) is 14.6. The normalized spacial score (nSPS) is 13.9. The molecule has 5 nitrogen and oxygen atoms in total. The third kappa shape index (κ3) is 4.05. The first-order chi connectivity index (χ1) is 11.2. The van der Waals surface area contributed by atoms with Crippen LogP contribution in [0.3, 0.4) is 0 Å². The zero-order chi connectivity index (χ0) is 16.7. The lowest BCUT2D eigenvalue weighted by Crippen LogP contribution is -2.28. The van der Waals surface area contributed by atoms with Crippen LogP contribution >= 0.6 is 0 Å². The van der Waals surface area contributed by atoms with Gasteiger partial charge in [-0.15, -0.1) is 6.58 Å². The quantitative estimate of drug-likeness (QED) is 0.590. The first-order valence-corrected chi connectivity index (χ1v) is 8.06. The molecule has 1 aromatic rings. The van der Waals surface area contributed by atoms with E-state index >= 15 is 0 Å². The number of ether oxygens (including phenoxy) is 2. The van der Waals surface area contributed by atoms with Crippen LogP contribution in [0.2, 0.25) is 0 Å². The number of amides is 1. The van der Waals surface area contributed by atoms with Crippen molar-refractivity contribution >= 4 is 5.91 Å². The highest BCUT2D eigenvalue weighted by Crippen LogP contribution is 2.34. The summed E-state index contributed by atoms with van der Waals surface area (Å²) in [6.45, 7) is 5.88. The van der Waals surface area contributed by atoms with Crippen molar-refractivity contribution in [1.82, 2.24) is 4.90 Å². The zero-order valence-electron chi connectivity index (χ0n) is 13.7. The number of nitrogens with zero attached hydrogens (tertiary/aromatic N) is 1. The lowest BCUT2D eigenvalue weighted by Gasteiger charge is -2.20. The van der Waals surface area contributed by atoms with Gasteiger partial charge in [-0.1, -0.05) is 6.08 Å². The van der Waals surface area contributed by atoms with Crippen molar-refractivity contribution in [2.24, 2.45) is 0 Å². The van der Waals surface area contributed by atoms with E-state index in [4.69, 9.17) is 14.6 Å². The summed E-state index contributed by atoms with van der Waals surface area (Å²) in [5.41, 5.74) is 1.39. The molecular formula is C18H25NO4. The summed E-state index contributed by atoms with van der Waals surface area (Å²) < 4.78 is 11.3. The molecule has 1 N–H and O–H groups in total. The van der Waals surface area contributed by atoms with Gasteiger partial charge in [-0.05, 0) is 31.4 Å². The Hall–Kier alpha value is -2.01. The fraction of sp³-hybridized carbons (Fsp3) is 0.500. The second-order valence-electron chi connectivity index (χ2n) is 5.54. The van der Waals surface area contributed by atoms with Gasteiger partial charge in [0.25, 0.3) is 5.91 Å². The molecule has 1 amide bonds. The number of methoxy groups -OCH3 is 1. The topological polar surface area (TPSA) is 59.0 Å². The van der Waals surface area contributed by atoms with Crippen LogP contribution in [0.15, 0.2) is 24.8 Å². The van der Waals surface area contributed by atoms with E-state index in [1.165, 1.54) is 0 Å². The predicted octanol–water partition coefficient (Wildman–Crippen LogP) is 2.42. The first kappa shape index (κ1) is 17.3. The molecule has 1 aromatic carbocycles. The molecule has 126 valence electrons. The molecule has 0 unspecified atom stereocenters. The Labute approximate surface area is 137 Å². The van der Waals surface area contributed by atoms with Crippen LogP contribution in [0.25, 0.3) is 0 Å². The Bertz CT molecular complexity index is 550. The molecule has 1 heterocycles. The maximum atomic E-state index is 12.7. The van der Waals surface area contributed by atoms with E-state index < -0.39 is 0 Å². The number of hydrogen-bond acceptors (Lipinski definition) is 4. The Morgan fingerprint density at radius 2 is 2.13 bits per heavy atom. The zero-order valence-corrected chi connectivity index (χ0v) is 13.7. The Morgan fingerprint density at radius 3 is 2.74 bits per heavy atom. The van der Waals surface area contributed by atoms with Crippen LogP contribution < -0.4 is 9.47 Å². The van der Waals surface area contributed by atoms with Gasteiger partial charge in [0.15, 0.2) is 0 Å². The van der Waals surface area contributed by atoms with Gasteiger partial charge in [-0.3, -0.25) is 4.79 Å². The number of aliphatic hydroxyl groups excluding tert-OH is 1. The van der Waals surface area contributed by atoms with Crippen LogP contribution in [0.5, 0.6) is 11.5 Å². The van der Waals surface area contributed by atoms with Gasteiger partial charge >= 0.3 is 0 Å². The Balaban J connectivity index is 2.33. The number of rotatable bonds is 8. The van der Waals surface area contributed by atoms with Crippen molar-refractivity contribution in [1.29, 1.82) is 0 Å². The molecule has 0 saturated carbocycles. The van der Waals surface area contributed by atoms with E-state index in [2.05, 4.69) is 6.58 Å². The number of benzene rings is 1. The average molecular weight is 319 g/mol. The minimum atomic E-state index is 0.00608. The molecule has 1 fully saturated rings. The molecule has 0 aliphatic carbocycles. The van der Waals surface area contributed by atoms with Gasteiger partial charge in [0.1, 0.15) is 11.5 Å². The maximum Gasteiger partial charge on any atom is 0.257 e. The van der Waals surface area contributed by atoms with Crippen molar-refractivity contribution in [2.45, 2.75) is 25.7 Å². The van der Waals surface area contributed by atoms with Gasteiger partial charge in [0.2, 0.25) is 0 Å². The third-order valence-electron chi connectivity index (χ3n) is 3.95. The van der Waals surface area contributed by atoms with Crippen LogP contribution in [0.1, 0.15) is 35.2 Å². The van der Waals surface area contributed by atoms with E-state index in [1.54, 1.807) is 19.3 Å². The molecule has 0 radical (unpaired) electrons. The van der Waals surface area contributed by atoms with Crippen LogP contribution in [-0.4, -0.2) is 49.3 Å². The minimum absolute atomic E-state index is 0.00608. The summed E-state index contributed by atoms with van der Waals surface area (Å²) >= 11 is 0. The molecule has 0 spiro atoms. The van der Waals surface area contributed by atoms with Gasteiger partial charge in [-0.2, -0.15) is 0 Å². The van der Waals surface area contributed by atoms with E-state index in [1.807, 2.05) is 11.0 Å². The molecule has 5 heteroatoms. The lowest BCUT2D eigenvalue weighted by atomic mass is 10.0. The highest BCUT2D eigenvalue weighted by molar-refractivity contribution is 5.98. The number of carbonyl (C=O) groups is 1. The van der Waals surface area contributed by atoms with Crippen LogP contribution in [0, 0.1) is 0 Å². The second kappa shape index (κ2) is 8.58. The molecule has 0 bridgehead atoms. The highest BCUT2D eigenvalue weighted by atomic mass is 16.5. The van der Waals surface area contributed by atoms with Crippen LogP contribution in [0.4, 0.5) is 0 Å². The summed E-state index contributed by atoms with van der Waals surface area (Å²) in [6.07, 6.45) is 4.98. The van der Waals surface area contributed by atoms with Gasteiger partial charge < -0.3 is 19.5 Å². The molecular weight excluding hydrogens is 294 g/mol. The molecule has 2 rings (SSSR count). The highest BCUT2D eigenvalue weighted by Gasteiger charge is 2.25. The number of carbonyl (C=O) groups excluding carboxylic acids is 1. The summed E-state index contributed by atoms with van der Waals surface area (Å²) in [5, 5.41) is 8.88. The van der Waals surface area contributed by atoms with E-state index in [0.717, 1.165) is 31.5 Å². The smallest absolute Gasteiger partial charge is 0.257 e. The van der Waals surface area contributed by atoms with Crippen LogP contribution in [-0.2, 0) is 6.42 Å². The third-order valence-corrected chi connectivity index (χ3v) is 3.95. The largest absolute Gasteiger partial charge is 0.495 e. The molecule has 1 aliphatic heterocycles. The minimum Gasteiger partial charge on any atom is -0.495 e. The number of hydrogen-bond donors (Lipinski definition) is 1. The van der Waals surface area contributed by atoms with Gasteiger partial charge in [0.05, 0.1) is 19.3 Å². The molecule has 23 heavy (non-hydrogen) atoms. The number of allylic oxidation sites excluding steroid dienone is 1. The molecule has 1 aliphatic rings. The van der Waals surface area contributed by atoms with Gasteiger partial charge in [-0.25, -0.2) is 0 Å². The van der Waals surface area contributed by atoms with Crippen molar-refractivity contribution in [3.05, 3.63) is 35.9 Å². The summed E-state index contributed by atoms with van der Waals surface area (Å²) in [6, 6.07) is 3.57. The average Bonchev–Trinajstić information content (AvgIpc) is 3.10. The predicted molar refractivity (Wildman–Crippen MR) is 89.2 cm³/mol. The first-order valence-electron chi connectivity index (χ1n) is 8.06. The van der Waals surface area contributed by atoms with Crippen molar-refractivity contribution in [2.75, 3.05) is 33.4 Å². The van der Waals surface area contributed by atoms with E-state index in [-0.39, 0.29) is 12.5 Å². The Kier molecular flexibility index (Phi) is 6.47. The lowest BCUT2D eigenvalue weighted by molar-refractivity contribution is 0.0789. The van der Waals surface area contributed by atoms with Gasteiger partial charge in [0, 0.05) is 31.7 Å². The fourth-order valence-electron chi connectivity index (χ4n) is 2.82. The monoisotopic (exact) mass is 319 g/mol. The van der Waals surface area contributed by atoms with E-state index in [9.17, 15) is 4.79 Å². The van der Waals surface area contributed by atoms with E-state index in [0.29, 0.717) is 36.5 Å². The fourth-order valence-corrected chi connectivity index (χ4v) is 2.82. The van der Waals surface area contributed by atoms with Crippen molar-refractivity contribution in [3.8, 4) is 11.5 Å². The van der Waals surface area contributed by atoms with Crippen molar-refractivity contribution in [3.63, 3.8) is 0 Å². The summed E-state index contributed by atoms with van der Waals surface area (Å²) in [7, 11) is 1.57. The molecule has 0 aromatic heterocycles.